The van der Waals surface area contributed by atoms with Crippen molar-refractivity contribution in [3.05, 3.63) is 63.6 Å². The Labute approximate surface area is 147 Å². The Balaban J connectivity index is 1.64. The van der Waals surface area contributed by atoms with Crippen molar-refractivity contribution < 1.29 is 18.7 Å². The van der Waals surface area contributed by atoms with Crippen LogP contribution in [0.1, 0.15) is 29.2 Å². The van der Waals surface area contributed by atoms with Crippen LogP contribution in [0.5, 0.6) is 5.75 Å². The lowest BCUT2D eigenvalue weighted by molar-refractivity contribution is 0.203. The number of hydrogen-bond donors (Lipinski definition) is 1. The summed E-state index contributed by atoms with van der Waals surface area (Å²) in [5, 5.41) is 10.0. The highest BCUT2D eigenvalue weighted by Gasteiger charge is 2.29. The molecule has 1 atom stereocenters. The molecule has 0 saturated heterocycles. The molecule has 1 aliphatic rings. The number of ether oxygens (including phenoxy) is 1. The number of furan rings is 1. The van der Waals surface area contributed by atoms with Crippen molar-refractivity contribution in [2.75, 3.05) is 6.61 Å². The van der Waals surface area contributed by atoms with Crippen molar-refractivity contribution in [3.63, 3.8) is 0 Å². The SMILES string of the molecule is OCCc1coc2cc(O[C@@H]3CCc4c(Br)ccc(F)c43)ccc12. The van der Waals surface area contributed by atoms with E-state index in [0.717, 1.165) is 33.8 Å². The minimum Gasteiger partial charge on any atom is -0.485 e. The Bertz CT molecular complexity index is 903. The summed E-state index contributed by atoms with van der Waals surface area (Å²) in [7, 11) is 0. The molecular formula is C19H16BrFO3. The summed E-state index contributed by atoms with van der Waals surface area (Å²) in [4.78, 5) is 0. The Morgan fingerprint density at radius 2 is 2.17 bits per heavy atom. The molecule has 0 saturated carbocycles. The standard InChI is InChI=1S/C19H16BrFO3/c20-15-4-5-16(21)19-14(15)3-6-17(19)24-12-1-2-13-11(7-8-22)10-23-18(13)9-12/h1-2,4-5,9-10,17,22H,3,6-8H2/t17-/m1/s1. The van der Waals surface area contributed by atoms with E-state index in [4.69, 9.17) is 14.3 Å². The molecule has 1 heterocycles. The Kier molecular flexibility index (Phi) is 4.06. The van der Waals surface area contributed by atoms with Gasteiger partial charge in [-0.3, -0.25) is 0 Å². The number of aliphatic hydroxyl groups excluding tert-OH is 1. The summed E-state index contributed by atoms with van der Waals surface area (Å²) in [6.07, 6.45) is 3.47. The van der Waals surface area contributed by atoms with Crippen LogP contribution >= 0.6 is 15.9 Å². The lowest BCUT2D eigenvalue weighted by Crippen LogP contribution is -2.05. The third-order valence-electron chi connectivity index (χ3n) is 4.51. The van der Waals surface area contributed by atoms with Crippen molar-refractivity contribution in [2.45, 2.75) is 25.4 Å². The molecule has 3 nitrogen and oxygen atoms in total. The van der Waals surface area contributed by atoms with E-state index >= 15 is 0 Å². The maximum absolute atomic E-state index is 14.2. The van der Waals surface area contributed by atoms with E-state index in [1.807, 2.05) is 18.2 Å². The summed E-state index contributed by atoms with van der Waals surface area (Å²) in [5.74, 6) is 0.435. The van der Waals surface area contributed by atoms with Crippen LogP contribution in [0.15, 0.2) is 45.5 Å². The zero-order chi connectivity index (χ0) is 16.7. The molecule has 4 rings (SSSR count). The molecule has 0 fully saturated rings. The monoisotopic (exact) mass is 390 g/mol. The first-order chi connectivity index (χ1) is 11.7. The maximum Gasteiger partial charge on any atom is 0.137 e. The van der Waals surface area contributed by atoms with Crippen molar-refractivity contribution in [2.24, 2.45) is 0 Å². The van der Waals surface area contributed by atoms with Gasteiger partial charge in [-0.2, -0.15) is 0 Å². The van der Waals surface area contributed by atoms with Crippen molar-refractivity contribution in [1.82, 2.24) is 0 Å². The molecule has 0 aliphatic heterocycles. The zero-order valence-electron chi connectivity index (χ0n) is 12.9. The third kappa shape index (κ3) is 2.62. The first kappa shape index (κ1) is 15.7. The minimum absolute atomic E-state index is 0.0832. The van der Waals surface area contributed by atoms with E-state index in [0.29, 0.717) is 23.3 Å². The molecule has 124 valence electrons. The highest BCUT2D eigenvalue weighted by Crippen LogP contribution is 2.40. The van der Waals surface area contributed by atoms with Crippen LogP contribution in [0.4, 0.5) is 4.39 Å². The predicted molar refractivity (Wildman–Crippen MR) is 92.8 cm³/mol. The first-order valence-electron chi connectivity index (χ1n) is 7.92. The van der Waals surface area contributed by atoms with Crippen LogP contribution in [-0.2, 0) is 12.8 Å². The molecular weight excluding hydrogens is 375 g/mol. The summed E-state index contributed by atoms with van der Waals surface area (Å²) < 4.78 is 26.7. The fourth-order valence-electron chi connectivity index (χ4n) is 3.36. The van der Waals surface area contributed by atoms with Gasteiger partial charge in [-0.25, -0.2) is 4.39 Å². The average Bonchev–Trinajstić information content (AvgIpc) is 3.17. The van der Waals surface area contributed by atoms with Gasteiger partial charge >= 0.3 is 0 Å². The number of aliphatic hydroxyl groups is 1. The second-order valence-electron chi connectivity index (χ2n) is 5.96. The second kappa shape index (κ2) is 6.22. The Morgan fingerprint density at radius 1 is 1.29 bits per heavy atom. The average molecular weight is 391 g/mol. The lowest BCUT2D eigenvalue weighted by atomic mass is 10.1. The van der Waals surface area contributed by atoms with Gasteiger partial charge in [0, 0.05) is 33.7 Å². The molecule has 3 aromatic rings. The van der Waals surface area contributed by atoms with Gasteiger partial charge in [0.25, 0.3) is 0 Å². The quantitative estimate of drug-likeness (QED) is 0.686. The summed E-state index contributed by atoms with van der Waals surface area (Å²) in [5.41, 5.74) is 3.32. The maximum atomic E-state index is 14.2. The second-order valence-corrected chi connectivity index (χ2v) is 6.81. The van der Waals surface area contributed by atoms with E-state index in [1.54, 1.807) is 12.3 Å². The van der Waals surface area contributed by atoms with Gasteiger partial charge in [0.05, 0.1) is 6.26 Å². The molecule has 0 radical (unpaired) electrons. The summed E-state index contributed by atoms with van der Waals surface area (Å²) >= 11 is 3.49. The first-order valence-corrected chi connectivity index (χ1v) is 8.71. The molecule has 2 aromatic carbocycles. The van der Waals surface area contributed by atoms with Crippen LogP contribution < -0.4 is 4.74 Å². The van der Waals surface area contributed by atoms with Gasteiger partial charge in [0.1, 0.15) is 23.3 Å². The Hall–Kier alpha value is -1.85. The van der Waals surface area contributed by atoms with Gasteiger partial charge in [-0.15, -0.1) is 0 Å². The molecule has 0 unspecified atom stereocenters. The molecule has 5 heteroatoms. The van der Waals surface area contributed by atoms with Crippen LogP contribution in [-0.4, -0.2) is 11.7 Å². The fraction of sp³-hybridized carbons (Fsp3) is 0.263. The summed E-state index contributed by atoms with van der Waals surface area (Å²) in [6, 6.07) is 8.83. The van der Waals surface area contributed by atoms with Gasteiger partial charge < -0.3 is 14.3 Å². The normalized spacial score (nSPS) is 16.5. The molecule has 0 bridgehead atoms. The van der Waals surface area contributed by atoms with Gasteiger partial charge in [0.15, 0.2) is 0 Å². The van der Waals surface area contributed by atoms with Crippen LogP contribution in [0.2, 0.25) is 0 Å². The Morgan fingerprint density at radius 3 is 3.00 bits per heavy atom. The molecule has 1 N–H and O–H groups in total. The van der Waals surface area contributed by atoms with Gasteiger partial charge in [0.2, 0.25) is 0 Å². The van der Waals surface area contributed by atoms with E-state index in [1.165, 1.54) is 6.07 Å². The van der Waals surface area contributed by atoms with E-state index in [2.05, 4.69) is 15.9 Å². The topological polar surface area (TPSA) is 42.6 Å². The highest BCUT2D eigenvalue weighted by molar-refractivity contribution is 9.10. The van der Waals surface area contributed by atoms with E-state index in [9.17, 15) is 4.39 Å². The zero-order valence-corrected chi connectivity index (χ0v) is 14.5. The molecule has 0 spiro atoms. The van der Waals surface area contributed by atoms with Crippen molar-refractivity contribution in [3.8, 4) is 5.75 Å². The molecule has 24 heavy (non-hydrogen) atoms. The molecule has 1 aromatic heterocycles. The van der Waals surface area contributed by atoms with Crippen molar-refractivity contribution >= 4 is 26.9 Å². The summed E-state index contributed by atoms with van der Waals surface area (Å²) in [6.45, 7) is 0.0832. The molecule has 0 amide bonds. The number of fused-ring (bicyclic) bond motifs is 2. The number of benzene rings is 2. The van der Waals surface area contributed by atoms with Gasteiger partial charge in [-0.1, -0.05) is 15.9 Å². The van der Waals surface area contributed by atoms with Gasteiger partial charge in [-0.05, 0) is 49.1 Å². The molecule has 1 aliphatic carbocycles. The van der Waals surface area contributed by atoms with Crippen molar-refractivity contribution in [1.29, 1.82) is 0 Å². The van der Waals surface area contributed by atoms with E-state index in [-0.39, 0.29) is 18.5 Å². The van der Waals surface area contributed by atoms with Crippen LogP contribution in [0.3, 0.4) is 0 Å². The smallest absolute Gasteiger partial charge is 0.137 e. The lowest BCUT2D eigenvalue weighted by Gasteiger charge is -2.16. The largest absolute Gasteiger partial charge is 0.485 e. The van der Waals surface area contributed by atoms with Crippen LogP contribution in [0.25, 0.3) is 11.0 Å². The number of halogens is 2. The minimum atomic E-state index is -0.290. The van der Waals surface area contributed by atoms with E-state index < -0.39 is 0 Å². The van der Waals surface area contributed by atoms with Crippen LogP contribution in [0, 0.1) is 5.82 Å². The number of hydrogen-bond acceptors (Lipinski definition) is 3. The highest BCUT2D eigenvalue weighted by atomic mass is 79.9. The fourth-order valence-corrected chi connectivity index (χ4v) is 3.91. The predicted octanol–water partition coefficient (Wildman–Crippen LogP) is 4.94. The third-order valence-corrected chi connectivity index (χ3v) is 5.25. The number of rotatable bonds is 4.